The van der Waals surface area contributed by atoms with Gasteiger partial charge in [0.25, 0.3) is 5.91 Å². The Morgan fingerprint density at radius 1 is 0.872 bits per heavy atom. The van der Waals surface area contributed by atoms with Gasteiger partial charge in [0.2, 0.25) is 5.91 Å². The number of urea groups is 1. The molecule has 4 amide bonds. The highest BCUT2D eigenvalue weighted by atomic mass is 19.1. The molecule has 0 aliphatic carbocycles. The molecule has 4 rings (SSSR count). The van der Waals surface area contributed by atoms with Gasteiger partial charge < -0.3 is 25.3 Å². The van der Waals surface area contributed by atoms with Crippen molar-refractivity contribution in [3.05, 3.63) is 89.7 Å². The number of halogens is 1. The molecule has 1 fully saturated rings. The molecule has 1 aliphatic rings. The summed E-state index contributed by atoms with van der Waals surface area (Å²) in [5, 5.41) is 5.81. The van der Waals surface area contributed by atoms with Gasteiger partial charge in [0, 0.05) is 54.8 Å². The Morgan fingerprint density at radius 3 is 2.15 bits per heavy atom. The topological polar surface area (TPSA) is 85.0 Å². The Balaban J connectivity index is 1.28. The minimum Gasteiger partial charge on any atom is -0.368 e. The van der Waals surface area contributed by atoms with Crippen LogP contribution < -0.4 is 15.5 Å². The predicted molar refractivity (Wildman–Crippen MR) is 152 cm³/mol. The average molecular weight is 532 g/mol. The van der Waals surface area contributed by atoms with Crippen molar-refractivity contribution < 1.29 is 18.8 Å². The molecule has 0 spiro atoms. The largest absolute Gasteiger partial charge is 0.368 e. The Kier molecular flexibility index (Phi) is 8.81. The second-order valence-electron chi connectivity index (χ2n) is 9.90. The zero-order chi connectivity index (χ0) is 27.9. The molecule has 1 heterocycles. The summed E-state index contributed by atoms with van der Waals surface area (Å²) in [6.45, 7) is 8.12. The lowest BCUT2D eigenvalue weighted by molar-refractivity contribution is -0.117. The first kappa shape index (κ1) is 27.6. The van der Waals surface area contributed by atoms with Gasteiger partial charge in [-0.3, -0.25) is 9.59 Å². The molecule has 2 N–H and O–H groups in total. The summed E-state index contributed by atoms with van der Waals surface area (Å²) in [4.78, 5) is 43.7. The number of carbonyl (C=O) groups is 3. The smallest absolute Gasteiger partial charge is 0.321 e. The number of aryl methyl sites for hydroxylation is 1. The van der Waals surface area contributed by atoms with Crippen molar-refractivity contribution in [3.63, 3.8) is 0 Å². The van der Waals surface area contributed by atoms with E-state index < -0.39 is 5.82 Å². The minimum atomic E-state index is -0.422. The molecule has 0 unspecified atom stereocenters. The van der Waals surface area contributed by atoms with Gasteiger partial charge in [-0.05, 0) is 87.0 Å². The van der Waals surface area contributed by atoms with Gasteiger partial charge in [0.15, 0.2) is 0 Å². The second kappa shape index (κ2) is 12.4. The van der Waals surface area contributed by atoms with Gasteiger partial charge in [-0.2, -0.15) is 0 Å². The number of benzene rings is 3. The van der Waals surface area contributed by atoms with Crippen LogP contribution in [0.15, 0.2) is 72.8 Å². The van der Waals surface area contributed by atoms with E-state index in [1.54, 1.807) is 4.90 Å². The zero-order valence-corrected chi connectivity index (χ0v) is 22.5. The maximum absolute atomic E-state index is 13.2. The SMILES string of the molecule is Cc1cccc(NC(=O)N2CCN(c3ccc(NC(=O)CN(C(=O)c4ccc(F)cc4)C(C)C)cc3)CC2)c1. The zero-order valence-electron chi connectivity index (χ0n) is 22.5. The summed E-state index contributed by atoms with van der Waals surface area (Å²) in [5.41, 5.74) is 3.83. The highest BCUT2D eigenvalue weighted by Gasteiger charge is 2.23. The molecule has 8 nitrogen and oxygen atoms in total. The summed E-state index contributed by atoms with van der Waals surface area (Å²) in [7, 11) is 0. The van der Waals surface area contributed by atoms with Crippen molar-refractivity contribution in [2.24, 2.45) is 0 Å². The molecule has 0 atom stereocenters. The van der Waals surface area contributed by atoms with Crippen LogP contribution in [0.2, 0.25) is 0 Å². The van der Waals surface area contributed by atoms with Gasteiger partial charge in [-0.15, -0.1) is 0 Å². The molecule has 0 saturated carbocycles. The van der Waals surface area contributed by atoms with Crippen LogP contribution >= 0.6 is 0 Å². The lowest BCUT2D eigenvalue weighted by atomic mass is 10.1. The number of anilines is 3. The molecule has 0 aromatic heterocycles. The Bertz CT molecular complexity index is 1300. The third-order valence-corrected chi connectivity index (χ3v) is 6.64. The molecule has 9 heteroatoms. The van der Waals surface area contributed by atoms with Crippen molar-refractivity contribution in [2.75, 3.05) is 48.3 Å². The molecular formula is C30H34FN5O3. The first-order valence-electron chi connectivity index (χ1n) is 13.0. The van der Waals surface area contributed by atoms with Gasteiger partial charge >= 0.3 is 6.03 Å². The summed E-state index contributed by atoms with van der Waals surface area (Å²) >= 11 is 0. The van der Waals surface area contributed by atoms with Crippen molar-refractivity contribution in [1.82, 2.24) is 9.80 Å². The first-order chi connectivity index (χ1) is 18.7. The van der Waals surface area contributed by atoms with Crippen LogP contribution in [0.25, 0.3) is 0 Å². The van der Waals surface area contributed by atoms with Crippen LogP contribution in [0.4, 0.5) is 26.2 Å². The van der Waals surface area contributed by atoms with Crippen LogP contribution in [0.1, 0.15) is 29.8 Å². The molecule has 3 aromatic rings. The normalized spacial score (nSPS) is 13.3. The Morgan fingerprint density at radius 2 is 1.54 bits per heavy atom. The summed E-state index contributed by atoms with van der Waals surface area (Å²) in [6.07, 6.45) is 0. The third-order valence-electron chi connectivity index (χ3n) is 6.64. The fourth-order valence-electron chi connectivity index (χ4n) is 4.45. The van der Waals surface area contributed by atoms with E-state index in [0.29, 0.717) is 37.4 Å². The number of nitrogens with one attached hydrogen (secondary N) is 2. The lowest BCUT2D eigenvalue weighted by Gasteiger charge is -2.36. The molecule has 204 valence electrons. The maximum atomic E-state index is 13.2. The van der Waals surface area contributed by atoms with Gasteiger partial charge in [0.05, 0.1) is 0 Å². The van der Waals surface area contributed by atoms with Crippen LogP contribution in [0, 0.1) is 12.7 Å². The van der Waals surface area contributed by atoms with E-state index in [9.17, 15) is 18.8 Å². The van der Waals surface area contributed by atoms with Gasteiger partial charge in [0.1, 0.15) is 12.4 Å². The third kappa shape index (κ3) is 7.34. The molecule has 0 bridgehead atoms. The van der Waals surface area contributed by atoms with Crippen molar-refractivity contribution in [3.8, 4) is 0 Å². The van der Waals surface area contributed by atoms with E-state index in [2.05, 4.69) is 15.5 Å². The number of hydrogen-bond acceptors (Lipinski definition) is 4. The fraction of sp³-hybridized carbons (Fsp3) is 0.300. The number of nitrogens with zero attached hydrogens (tertiary/aromatic N) is 3. The number of piperazine rings is 1. The molecule has 39 heavy (non-hydrogen) atoms. The van der Waals surface area contributed by atoms with Crippen LogP contribution in [0.3, 0.4) is 0 Å². The van der Waals surface area contributed by atoms with E-state index >= 15 is 0 Å². The highest BCUT2D eigenvalue weighted by Crippen LogP contribution is 2.20. The Hall–Kier alpha value is -4.40. The molecular weight excluding hydrogens is 497 g/mol. The molecule has 1 aliphatic heterocycles. The fourth-order valence-corrected chi connectivity index (χ4v) is 4.45. The predicted octanol–water partition coefficient (Wildman–Crippen LogP) is 4.98. The maximum Gasteiger partial charge on any atom is 0.321 e. The summed E-state index contributed by atoms with van der Waals surface area (Å²) in [6, 6.07) is 20.2. The summed E-state index contributed by atoms with van der Waals surface area (Å²) in [5.74, 6) is -1.07. The van der Waals surface area contributed by atoms with E-state index in [1.807, 2.05) is 69.3 Å². The number of amides is 4. The monoisotopic (exact) mass is 531 g/mol. The van der Waals surface area contributed by atoms with Crippen molar-refractivity contribution in [1.29, 1.82) is 0 Å². The Labute approximate surface area is 228 Å². The van der Waals surface area contributed by atoms with Crippen molar-refractivity contribution in [2.45, 2.75) is 26.8 Å². The molecule has 3 aromatic carbocycles. The summed E-state index contributed by atoms with van der Waals surface area (Å²) < 4.78 is 13.2. The van der Waals surface area contributed by atoms with Crippen LogP contribution in [-0.4, -0.2) is 66.4 Å². The van der Waals surface area contributed by atoms with E-state index in [-0.39, 0.29) is 30.4 Å². The van der Waals surface area contributed by atoms with Gasteiger partial charge in [-0.1, -0.05) is 12.1 Å². The number of rotatable bonds is 7. The molecule has 1 saturated heterocycles. The average Bonchev–Trinajstić information content (AvgIpc) is 2.92. The minimum absolute atomic E-state index is 0.105. The number of hydrogen-bond donors (Lipinski definition) is 2. The first-order valence-corrected chi connectivity index (χ1v) is 13.0. The quantitative estimate of drug-likeness (QED) is 0.451. The lowest BCUT2D eigenvalue weighted by Crippen LogP contribution is -2.50. The van der Waals surface area contributed by atoms with E-state index in [4.69, 9.17) is 0 Å². The van der Waals surface area contributed by atoms with Crippen molar-refractivity contribution >= 4 is 34.9 Å². The molecule has 0 radical (unpaired) electrons. The van der Waals surface area contributed by atoms with Crippen LogP contribution in [0.5, 0.6) is 0 Å². The second-order valence-corrected chi connectivity index (χ2v) is 9.90. The van der Waals surface area contributed by atoms with E-state index in [1.165, 1.54) is 29.2 Å². The van der Waals surface area contributed by atoms with Crippen LogP contribution in [-0.2, 0) is 4.79 Å². The highest BCUT2D eigenvalue weighted by molar-refractivity contribution is 5.99. The van der Waals surface area contributed by atoms with E-state index in [0.717, 1.165) is 16.9 Å². The number of carbonyl (C=O) groups excluding carboxylic acids is 3. The van der Waals surface area contributed by atoms with Gasteiger partial charge in [-0.25, -0.2) is 9.18 Å². The standard InChI is InChI=1S/C30H34FN5O3/c1-21(2)36(29(38)23-7-9-24(31)10-8-23)20-28(37)32-25-11-13-27(14-12-25)34-15-17-35(18-16-34)30(39)33-26-6-4-5-22(3)19-26/h4-14,19,21H,15-18,20H2,1-3H3,(H,32,37)(H,33,39).